The third kappa shape index (κ3) is 1.61. The molecule has 0 fully saturated rings. The minimum atomic E-state index is 0.350. The second-order valence-corrected chi connectivity index (χ2v) is 4.23. The summed E-state index contributed by atoms with van der Waals surface area (Å²) in [6.07, 6.45) is 1.99. The van der Waals surface area contributed by atoms with Gasteiger partial charge in [-0.3, -0.25) is 0 Å². The van der Waals surface area contributed by atoms with Crippen LogP contribution in [0.4, 0.5) is 0 Å². The summed E-state index contributed by atoms with van der Waals surface area (Å²) in [6, 6.07) is 5.92. The maximum atomic E-state index is 5.65. The van der Waals surface area contributed by atoms with Gasteiger partial charge in [0.2, 0.25) is 0 Å². The van der Waals surface area contributed by atoms with Crippen LogP contribution in [0.1, 0.15) is 31.3 Å². The van der Waals surface area contributed by atoms with Gasteiger partial charge < -0.3 is 10.1 Å². The first-order chi connectivity index (χ1) is 7.11. The van der Waals surface area contributed by atoms with Crippen LogP contribution in [0.15, 0.2) is 24.4 Å². The summed E-state index contributed by atoms with van der Waals surface area (Å²) in [5.41, 5.74) is 7.35. The Bertz CT molecular complexity index is 514. The molecule has 15 heavy (non-hydrogen) atoms. The van der Waals surface area contributed by atoms with Crippen molar-refractivity contribution in [3.8, 4) is 0 Å². The third-order valence-electron chi connectivity index (χ3n) is 2.33. The Labute approximate surface area is 93.9 Å². The Balaban J connectivity index is 2.79. The lowest BCUT2D eigenvalue weighted by Gasteiger charge is -2.02. The molecular weight excluding hydrogens is 206 g/mol. The highest BCUT2D eigenvalue weighted by Gasteiger charge is 2.14. The summed E-state index contributed by atoms with van der Waals surface area (Å²) < 4.78 is 2.04. The molecule has 78 valence electrons. The Morgan fingerprint density at radius 3 is 2.80 bits per heavy atom. The van der Waals surface area contributed by atoms with Gasteiger partial charge in [-0.1, -0.05) is 32.1 Å². The first-order valence-electron chi connectivity index (χ1n) is 4.88. The number of nitrogens with zero attached hydrogens (tertiary/aromatic N) is 2. The Hall–Kier alpha value is -1.42. The monoisotopic (exact) mass is 219 g/mol. The van der Waals surface area contributed by atoms with Crippen LogP contribution in [0, 0.1) is 0 Å². The largest absolute Gasteiger partial charge is 0.388 e. The van der Waals surface area contributed by atoms with E-state index in [-0.39, 0.29) is 0 Å². The summed E-state index contributed by atoms with van der Waals surface area (Å²) in [5.74, 6) is 1.34. The maximum absolute atomic E-state index is 5.65. The van der Waals surface area contributed by atoms with Crippen LogP contribution in [0.5, 0.6) is 0 Å². The minimum Gasteiger partial charge on any atom is -0.388 e. The van der Waals surface area contributed by atoms with Crippen LogP contribution >= 0.6 is 12.2 Å². The molecule has 0 aromatic carbocycles. The molecule has 0 aliphatic rings. The van der Waals surface area contributed by atoms with E-state index in [1.54, 1.807) is 0 Å². The molecule has 2 rings (SSSR count). The molecule has 2 N–H and O–H groups in total. The van der Waals surface area contributed by atoms with Crippen molar-refractivity contribution in [3.63, 3.8) is 0 Å². The van der Waals surface area contributed by atoms with Crippen LogP contribution in [-0.4, -0.2) is 14.4 Å². The average Bonchev–Trinajstić information content (AvgIpc) is 2.56. The normalized spacial score (nSPS) is 11.1. The van der Waals surface area contributed by atoms with Gasteiger partial charge in [0.15, 0.2) is 0 Å². The van der Waals surface area contributed by atoms with Gasteiger partial charge in [0, 0.05) is 12.1 Å². The van der Waals surface area contributed by atoms with Gasteiger partial charge in [0.1, 0.15) is 16.5 Å². The molecule has 0 radical (unpaired) electrons. The first-order valence-corrected chi connectivity index (χ1v) is 5.29. The van der Waals surface area contributed by atoms with Gasteiger partial charge in [-0.15, -0.1) is 0 Å². The van der Waals surface area contributed by atoms with E-state index in [0.717, 1.165) is 11.3 Å². The van der Waals surface area contributed by atoms with E-state index < -0.39 is 0 Å². The van der Waals surface area contributed by atoms with E-state index in [1.165, 1.54) is 0 Å². The lowest BCUT2D eigenvalue weighted by molar-refractivity contribution is 0.770. The Kier molecular flexibility index (Phi) is 2.44. The Morgan fingerprint density at radius 1 is 1.47 bits per heavy atom. The second-order valence-electron chi connectivity index (χ2n) is 3.79. The zero-order valence-corrected chi connectivity index (χ0v) is 9.58. The smallest absolute Gasteiger partial charge is 0.124 e. The van der Waals surface area contributed by atoms with Gasteiger partial charge in [-0.25, -0.2) is 4.98 Å². The number of pyridine rings is 1. The fourth-order valence-corrected chi connectivity index (χ4v) is 1.80. The summed E-state index contributed by atoms with van der Waals surface area (Å²) in [7, 11) is 0. The molecule has 0 spiro atoms. The average molecular weight is 219 g/mol. The van der Waals surface area contributed by atoms with Gasteiger partial charge in [0.25, 0.3) is 0 Å². The predicted octanol–water partition coefficient (Wildman–Crippen LogP) is 2.09. The molecule has 4 heteroatoms. The predicted molar refractivity (Wildman–Crippen MR) is 65.2 cm³/mol. The van der Waals surface area contributed by atoms with Crippen LogP contribution in [0.2, 0.25) is 0 Å². The van der Waals surface area contributed by atoms with Crippen LogP contribution in [-0.2, 0) is 0 Å². The molecule has 2 heterocycles. The number of hydrogen-bond donors (Lipinski definition) is 1. The number of rotatable bonds is 2. The van der Waals surface area contributed by atoms with E-state index in [4.69, 9.17) is 18.0 Å². The third-order valence-corrected chi connectivity index (χ3v) is 2.52. The molecular formula is C11H13N3S. The van der Waals surface area contributed by atoms with Crippen molar-refractivity contribution < 1.29 is 0 Å². The highest BCUT2D eigenvalue weighted by atomic mass is 32.1. The van der Waals surface area contributed by atoms with E-state index in [9.17, 15) is 0 Å². The maximum Gasteiger partial charge on any atom is 0.124 e. The van der Waals surface area contributed by atoms with Gasteiger partial charge in [0.05, 0.1) is 5.52 Å². The second kappa shape index (κ2) is 3.62. The topological polar surface area (TPSA) is 43.3 Å². The minimum absolute atomic E-state index is 0.350. The molecule has 3 nitrogen and oxygen atoms in total. The standard InChI is InChI=1S/C11H13N3S/c1-7(2)11-13-9(10(12)15)8-5-3-4-6-14(8)11/h3-7H,1-2H3,(H2,12,15). The van der Waals surface area contributed by atoms with Crippen LogP contribution in [0.3, 0.4) is 0 Å². The lowest BCUT2D eigenvalue weighted by Crippen LogP contribution is -2.10. The highest BCUT2D eigenvalue weighted by molar-refractivity contribution is 7.80. The number of thiocarbonyl (C=S) groups is 1. The van der Waals surface area contributed by atoms with Gasteiger partial charge >= 0.3 is 0 Å². The van der Waals surface area contributed by atoms with Crippen molar-refractivity contribution >= 4 is 22.7 Å². The molecule has 2 aromatic heterocycles. The molecule has 0 amide bonds. The molecule has 0 saturated carbocycles. The number of nitrogens with two attached hydrogens (primary N) is 1. The zero-order chi connectivity index (χ0) is 11.0. The molecule has 0 saturated heterocycles. The van der Waals surface area contributed by atoms with E-state index in [0.29, 0.717) is 16.6 Å². The number of imidazole rings is 1. The summed E-state index contributed by atoms with van der Waals surface area (Å²) in [6.45, 7) is 4.20. The molecule has 0 aliphatic carbocycles. The molecule has 0 bridgehead atoms. The fourth-order valence-electron chi connectivity index (χ4n) is 1.65. The highest BCUT2D eigenvalue weighted by Crippen LogP contribution is 2.19. The zero-order valence-electron chi connectivity index (χ0n) is 8.77. The van der Waals surface area contributed by atoms with Gasteiger partial charge in [-0.2, -0.15) is 0 Å². The number of aromatic nitrogens is 2. The SMILES string of the molecule is CC(C)c1nc(C(N)=S)c2ccccn12. The van der Waals surface area contributed by atoms with Gasteiger partial charge in [-0.05, 0) is 12.1 Å². The van der Waals surface area contributed by atoms with E-state index in [2.05, 4.69) is 18.8 Å². The van der Waals surface area contributed by atoms with E-state index in [1.807, 2.05) is 28.8 Å². The van der Waals surface area contributed by atoms with Crippen molar-refractivity contribution in [2.24, 2.45) is 5.73 Å². The summed E-state index contributed by atoms with van der Waals surface area (Å²) in [4.78, 5) is 4.84. The quantitative estimate of drug-likeness (QED) is 0.786. The van der Waals surface area contributed by atoms with Crippen molar-refractivity contribution in [2.45, 2.75) is 19.8 Å². The summed E-state index contributed by atoms with van der Waals surface area (Å²) in [5, 5.41) is 0. The van der Waals surface area contributed by atoms with Crippen molar-refractivity contribution in [1.82, 2.24) is 9.38 Å². The van der Waals surface area contributed by atoms with Crippen molar-refractivity contribution in [3.05, 3.63) is 35.9 Å². The van der Waals surface area contributed by atoms with Crippen molar-refractivity contribution in [1.29, 1.82) is 0 Å². The number of fused-ring (bicyclic) bond motifs is 1. The first kappa shape index (κ1) is 10.1. The summed E-state index contributed by atoms with van der Waals surface area (Å²) >= 11 is 4.99. The number of hydrogen-bond acceptors (Lipinski definition) is 2. The Morgan fingerprint density at radius 2 is 2.20 bits per heavy atom. The van der Waals surface area contributed by atoms with Crippen LogP contribution in [0.25, 0.3) is 5.52 Å². The molecule has 0 aliphatic heterocycles. The van der Waals surface area contributed by atoms with E-state index >= 15 is 0 Å². The molecule has 2 aromatic rings. The lowest BCUT2D eigenvalue weighted by atomic mass is 10.2. The molecule has 0 unspecified atom stereocenters. The van der Waals surface area contributed by atoms with Crippen molar-refractivity contribution in [2.75, 3.05) is 0 Å². The molecule has 0 atom stereocenters. The fraction of sp³-hybridized carbons (Fsp3) is 0.273. The van der Waals surface area contributed by atoms with Crippen LogP contribution < -0.4 is 5.73 Å².